The van der Waals surface area contributed by atoms with E-state index in [2.05, 4.69) is 32.6 Å². The van der Waals surface area contributed by atoms with Crippen LogP contribution in [0.5, 0.6) is 0 Å². The van der Waals surface area contributed by atoms with Gasteiger partial charge in [-0.2, -0.15) is 0 Å². The molecule has 0 spiro atoms. The summed E-state index contributed by atoms with van der Waals surface area (Å²) >= 11 is 0. The molecule has 2 heterocycles. The van der Waals surface area contributed by atoms with Crippen molar-refractivity contribution in [1.82, 2.24) is 4.90 Å². The molecule has 6 rings (SSSR count). The maximum atomic E-state index is 11.2. The summed E-state index contributed by atoms with van der Waals surface area (Å²) < 4.78 is 18.3. The van der Waals surface area contributed by atoms with Gasteiger partial charge in [-0.3, -0.25) is 4.90 Å². The molecular formula is C28H47NO4. The van der Waals surface area contributed by atoms with Gasteiger partial charge in [-0.25, -0.2) is 0 Å². The van der Waals surface area contributed by atoms with Gasteiger partial charge in [0, 0.05) is 25.0 Å². The van der Waals surface area contributed by atoms with Crippen LogP contribution in [0.15, 0.2) is 0 Å². The van der Waals surface area contributed by atoms with E-state index in [1.807, 2.05) is 0 Å². The third-order valence-corrected chi connectivity index (χ3v) is 11.9. The van der Waals surface area contributed by atoms with Crippen LogP contribution < -0.4 is 0 Å². The maximum absolute atomic E-state index is 11.2. The zero-order chi connectivity index (χ0) is 23.0. The molecule has 5 nitrogen and oxygen atoms in total. The highest BCUT2D eigenvalue weighted by atomic mass is 16.7. The summed E-state index contributed by atoms with van der Waals surface area (Å²) in [4.78, 5) is 2.57. The number of aliphatic hydroxyl groups excluding tert-OH is 1. The van der Waals surface area contributed by atoms with Gasteiger partial charge in [0.2, 0.25) is 0 Å². The number of hydrogen-bond acceptors (Lipinski definition) is 5. The summed E-state index contributed by atoms with van der Waals surface area (Å²) in [5, 5.41) is 11.2. The monoisotopic (exact) mass is 461 g/mol. The standard InChI is InChI=1S/C28H47NO4/c1-18-17-29(11-12-31-18)23-16-27(3)19(15-24(23)30)5-6-20-21-7-8-25(28(4)32-13-14-33-28)26(21,2)10-9-22(20)27/h18-25,30H,5-17H2,1-4H3/t18-,19-,20-,21-,22-,23-,24-,25-,26-,27-/m0/s1. The molecule has 0 aromatic carbocycles. The predicted molar refractivity (Wildman–Crippen MR) is 128 cm³/mol. The molecular weight excluding hydrogens is 414 g/mol. The lowest BCUT2D eigenvalue weighted by Gasteiger charge is -2.63. The maximum Gasteiger partial charge on any atom is 0.169 e. The molecule has 6 aliphatic rings. The molecule has 4 saturated carbocycles. The molecule has 0 unspecified atom stereocenters. The number of fused-ring (bicyclic) bond motifs is 5. The van der Waals surface area contributed by atoms with Crippen molar-refractivity contribution in [3.63, 3.8) is 0 Å². The highest BCUT2D eigenvalue weighted by Gasteiger charge is 2.64. The van der Waals surface area contributed by atoms with Gasteiger partial charge in [0.15, 0.2) is 5.79 Å². The Morgan fingerprint density at radius 3 is 2.39 bits per heavy atom. The topological polar surface area (TPSA) is 51.2 Å². The van der Waals surface area contributed by atoms with Gasteiger partial charge < -0.3 is 19.3 Å². The Morgan fingerprint density at radius 2 is 1.64 bits per heavy atom. The second-order valence-electron chi connectivity index (χ2n) is 13.3. The molecule has 0 aromatic heterocycles. The molecule has 0 amide bonds. The average molecular weight is 462 g/mol. The normalized spacial score (nSPS) is 54.5. The first-order valence-corrected chi connectivity index (χ1v) is 14.1. The molecule has 6 fully saturated rings. The van der Waals surface area contributed by atoms with Crippen molar-refractivity contribution < 1.29 is 19.3 Å². The SMILES string of the molecule is C[C@H]1CN([C@H]2C[C@@]3(C)[C@@H](CC[C@@H]4[C@@H]3CC[C@]3(C)[C@@H](C5(C)OCCO5)CC[C@@H]43)C[C@@H]2O)CCO1. The Hall–Kier alpha value is -0.200. The van der Waals surface area contributed by atoms with E-state index in [1.165, 1.54) is 44.9 Å². The van der Waals surface area contributed by atoms with E-state index in [-0.39, 0.29) is 18.0 Å². The van der Waals surface area contributed by atoms with Gasteiger partial charge in [0.25, 0.3) is 0 Å². The van der Waals surface area contributed by atoms with Crippen LogP contribution in [-0.2, 0) is 14.2 Å². The molecule has 1 N–H and O–H groups in total. The van der Waals surface area contributed by atoms with Crippen molar-refractivity contribution in [1.29, 1.82) is 0 Å². The third kappa shape index (κ3) is 3.50. The van der Waals surface area contributed by atoms with E-state index in [9.17, 15) is 5.11 Å². The van der Waals surface area contributed by atoms with Crippen LogP contribution in [0.1, 0.15) is 79.1 Å². The highest BCUT2D eigenvalue weighted by Crippen LogP contribution is 2.69. The zero-order valence-corrected chi connectivity index (χ0v) is 21.4. The lowest BCUT2D eigenvalue weighted by molar-refractivity contribution is -0.220. The van der Waals surface area contributed by atoms with Crippen LogP contribution in [0.2, 0.25) is 0 Å². The minimum absolute atomic E-state index is 0.175. The van der Waals surface area contributed by atoms with Crippen LogP contribution in [0, 0.1) is 40.4 Å². The van der Waals surface area contributed by atoms with Crippen molar-refractivity contribution in [3.05, 3.63) is 0 Å². The number of aliphatic hydroxyl groups is 1. The van der Waals surface area contributed by atoms with Crippen molar-refractivity contribution in [2.75, 3.05) is 32.9 Å². The van der Waals surface area contributed by atoms with Gasteiger partial charge >= 0.3 is 0 Å². The quantitative estimate of drug-likeness (QED) is 0.658. The summed E-state index contributed by atoms with van der Waals surface area (Å²) in [5.41, 5.74) is 0.703. The number of nitrogens with zero attached hydrogens (tertiary/aromatic N) is 1. The molecule has 4 aliphatic carbocycles. The summed E-state index contributed by atoms with van der Waals surface area (Å²) in [7, 11) is 0. The predicted octanol–water partition coefficient (Wildman–Crippen LogP) is 4.47. The van der Waals surface area contributed by atoms with Crippen LogP contribution >= 0.6 is 0 Å². The Kier molecular flexibility index (Phi) is 5.74. The van der Waals surface area contributed by atoms with Crippen molar-refractivity contribution in [3.8, 4) is 0 Å². The Labute approximate surface area is 200 Å². The minimum Gasteiger partial charge on any atom is -0.391 e. The lowest BCUT2D eigenvalue weighted by atomic mass is 9.44. The van der Waals surface area contributed by atoms with E-state index in [4.69, 9.17) is 14.2 Å². The third-order valence-electron chi connectivity index (χ3n) is 11.9. The molecule has 2 saturated heterocycles. The van der Waals surface area contributed by atoms with E-state index >= 15 is 0 Å². The number of morpholine rings is 1. The Balaban J connectivity index is 1.24. The van der Waals surface area contributed by atoms with Gasteiger partial charge in [0.1, 0.15) is 0 Å². The van der Waals surface area contributed by atoms with Gasteiger partial charge in [-0.15, -0.1) is 0 Å². The zero-order valence-electron chi connectivity index (χ0n) is 21.4. The number of ether oxygens (including phenoxy) is 3. The molecule has 10 atom stereocenters. The van der Waals surface area contributed by atoms with Crippen molar-refractivity contribution >= 4 is 0 Å². The number of hydrogen-bond donors (Lipinski definition) is 1. The van der Waals surface area contributed by atoms with Gasteiger partial charge in [0.05, 0.1) is 32.0 Å². The van der Waals surface area contributed by atoms with Gasteiger partial charge in [-0.1, -0.05) is 13.8 Å². The Bertz CT molecular complexity index is 739. The van der Waals surface area contributed by atoms with Crippen LogP contribution in [-0.4, -0.2) is 67.0 Å². The first-order valence-electron chi connectivity index (χ1n) is 14.1. The van der Waals surface area contributed by atoms with E-state index in [1.54, 1.807) is 0 Å². The summed E-state index contributed by atoms with van der Waals surface area (Å²) in [5.74, 6) is 3.28. The molecule has 5 heteroatoms. The first-order chi connectivity index (χ1) is 15.7. The van der Waals surface area contributed by atoms with Crippen molar-refractivity contribution in [2.24, 2.45) is 40.4 Å². The molecule has 0 radical (unpaired) electrons. The highest BCUT2D eigenvalue weighted by molar-refractivity contribution is 5.12. The fourth-order valence-electron chi connectivity index (χ4n) is 10.4. The smallest absolute Gasteiger partial charge is 0.169 e. The second-order valence-corrected chi connectivity index (χ2v) is 13.3. The largest absolute Gasteiger partial charge is 0.391 e. The summed E-state index contributed by atoms with van der Waals surface area (Å²) in [6.07, 6.45) is 10.2. The van der Waals surface area contributed by atoms with Crippen LogP contribution in [0.4, 0.5) is 0 Å². The van der Waals surface area contributed by atoms with E-state index < -0.39 is 0 Å². The summed E-state index contributed by atoms with van der Waals surface area (Å²) in [6.45, 7) is 13.9. The fourth-order valence-corrected chi connectivity index (χ4v) is 10.4. The molecule has 2 aliphatic heterocycles. The molecule has 0 bridgehead atoms. The first kappa shape index (κ1) is 23.2. The van der Waals surface area contributed by atoms with Crippen LogP contribution in [0.25, 0.3) is 0 Å². The molecule has 188 valence electrons. The number of rotatable bonds is 2. The summed E-state index contributed by atoms with van der Waals surface area (Å²) in [6, 6.07) is 0.306. The minimum atomic E-state index is -0.371. The van der Waals surface area contributed by atoms with E-state index in [0.29, 0.717) is 28.7 Å². The van der Waals surface area contributed by atoms with Gasteiger partial charge in [-0.05, 0) is 99.7 Å². The van der Waals surface area contributed by atoms with Crippen molar-refractivity contribution in [2.45, 2.75) is 103 Å². The molecule has 0 aromatic rings. The molecule has 33 heavy (non-hydrogen) atoms. The Morgan fingerprint density at radius 1 is 0.879 bits per heavy atom. The second kappa shape index (κ2) is 8.16. The fraction of sp³-hybridized carbons (Fsp3) is 1.00. The lowest BCUT2D eigenvalue weighted by Crippen LogP contribution is -2.61. The van der Waals surface area contributed by atoms with E-state index in [0.717, 1.165) is 57.1 Å². The van der Waals surface area contributed by atoms with Crippen LogP contribution in [0.3, 0.4) is 0 Å². The average Bonchev–Trinajstić information content (AvgIpc) is 3.37.